The van der Waals surface area contributed by atoms with Crippen LogP contribution in [-0.4, -0.2) is 38.7 Å². The molecule has 4 N–H and O–H groups in total. The van der Waals surface area contributed by atoms with Gasteiger partial charge in [0, 0.05) is 5.69 Å². The zero-order valence-corrected chi connectivity index (χ0v) is 17.0. The summed E-state index contributed by atoms with van der Waals surface area (Å²) < 4.78 is 5.45. The maximum atomic E-state index is 12.6. The lowest BCUT2D eigenvalue weighted by atomic mass is 9.47. The van der Waals surface area contributed by atoms with Gasteiger partial charge in [0.15, 0.2) is 6.10 Å². The van der Waals surface area contributed by atoms with Crippen molar-refractivity contribution in [2.24, 2.45) is 17.3 Å². The molecule has 3 unspecified atom stereocenters. The normalized spacial score (nSPS) is 32.9. The van der Waals surface area contributed by atoms with Crippen molar-refractivity contribution in [3.8, 4) is 0 Å². The van der Waals surface area contributed by atoms with Crippen LogP contribution in [0.5, 0.6) is 0 Å². The summed E-state index contributed by atoms with van der Waals surface area (Å²) in [5, 5.41) is 13.6. The lowest BCUT2D eigenvalue weighted by Gasteiger charge is -2.60. The SMILES string of the molecule is CC(OC(=O)CC12CC3CC(CC(O)(C3)C1)C2)C(=O)Nc1ccc2[nH]c(=O)[nH]c2c1. The van der Waals surface area contributed by atoms with Crippen molar-refractivity contribution in [2.45, 2.75) is 63.6 Å². The van der Waals surface area contributed by atoms with E-state index in [9.17, 15) is 19.5 Å². The highest BCUT2D eigenvalue weighted by Crippen LogP contribution is 2.62. The molecule has 4 saturated carbocycles. The number of esters is 1. The minimum atomic E-state index is -0.935. The Morgan fingerprint density at radius 2 is 1.90 bits per heavy atom. The molecule has 1 heterocycles. The van der Waals surface area contributed by atoms with Gasteiger partial charge in [0.25, 0.3) is 5.91 Å². The second kappa shape index (κ2) is 6.70. The molecule has 6 rings (SSSR count). The Morgan fingerprint density at radius 3 is 2.60 bits per heavy atom. The summed E-state index contributed by atoms with van der Waals surface area (Å²) in [5.74, 6) is 0.192. The molecule has 8 heteroatoms. The Hall–Kier alpha value is -2.61. The van der Waals surface area contributed by atoms with Crippen molar-refractivity contribution in [2.75, 3.05) is 5.32 Å². The number of carbonyl (C=O) groups is 2. The van der Waals surface area contributed by atoms with Crippen molar-refractivity contribution in [3.63, 3.8) is 0 Å². The van der Waals surface area contributed by atoms with Crippen LogP contribution >= 0.6 is 0 Å². The molecular weight excluding hydrogens is 386 g/mol. The number of hydrogen-bond acceptors (Lipinski definition) is 5. The number of imidazole rings is 1. The highest BCUT2D eigenvalue weighted by Gasteiger charge is 2.57. The fourth-order valence-electron chi connectivity index (χ4n) is 6.56. The predicted molar refractivity (Wildman–Crippen MR) is 110 cm³/mol. The van der Waals surface area contributed by atoms with E-state index in [1.807, 2.05) is 0 Å². The lowest BCUT2D eigenvalue weighted by Crippen LogP contribution is -2.56. The molecule has 2 aromatic rings. The molecule has 4 bridgehead atoms. The Kier molecular flexibility index (Phi) is 4.32. The smallest absolute Gasteiger partial charge is 0.323 e. The fourth-order valence-corrected chi connectivity index (χ4v) is 6.56. The average molecular weight is 413 g/mol. The topological polar surface area (TPSA) is 124 Å². The van der Waals surface area contributed by atoms with Gasteiger partial charge >= 0.3 is 11.7 Å². The third-order valence-corrected chi connectivity index (χ3v) is 7.13. The first-order chi connectivity index (χ1) is 14.2. The molecule has 0 aliphatic heterocycles. The molecule has 0 spiro atoms. The highest BCUT2D eigenvalue weighted by molar-refractivity contribution is 5.96. The van der Waals surface area contributed by atoms with Crippen LogP contribution in [0.3, 0.4) is 0 Å². The Morgan fingerprint density at radius 1 is 1.20 bits per heavy atom. The van der Waals surface area contributed by atoms with E-state index in [2.05, 4.69) is 15.3 Å². The third-order valence-electron chi connectivity index (χ3n) is 7.13. The number of aliphatic hydroxyl groups is 1. The summed E-state index contributed by atoms with van der Waals surface area (Å²) in [6, 6.07) is 5.02. The summed E-state index contributed by atoms with van der Waals surface area (Å²) in [4.78, 5) is 41.8. The van der Waals surface area contributed by atoms with E-state index in [1.54, 1.807) is 25.1 Å². The number of aromatic amines is 2. The molecule has 0 saturated heterocycles. The summed E-state index contributed by atoms with van der Waals surface area (Å²) in [6.45, 7) is 1.55. The third kappa shape index (κ3) is 3.53. The molecule has 30 heavy (non-hydrogen) atoms. The van der Waals surface area contributed by atoms with Gasteiger partial charge in [-0.3, -0.25) is 9.59 Å². The van der Waals surface area contributed by atoms with Crippen molar-refractivity contribution < 1.29 is 19.4 Å². The van der Waals surface area contributed by atoms with E-state index in [0.717, 1.165) is 32.1 Å². The number of ether oxygens (including phenoxy) is 1. The number of hydrogen-bond donors (Lipinski definition) is 4. The Labute approximate surface area is 173 Å². The number of nitrogens with one attached hydrogen (secondary N) is 3. The number of fused-ring (bicyclic) bond motifs is 1. The molecule has 1 amide bonds. The van der Waals surface area contributed by atoms with Crippen LogP contribution < -0.4 is 11.0 Å². The standard InChI is InChI=1S/C22H27N3O5/c1-12(19(27)23-15-2-3-16-17(5-15)25-20(28)24-16)30-18(26)10-21-6-13-4-14(7-21)9-22(29,8-13)11-21/h2-3,5,12-14,29H,4,6-11H2,1H3,(H,23,27)(H2,24,25,28). The van der Waals surface area contributed by atoms with Crippen molar-refractivity contribution in [1.29, 1.82) is 0 Å². The number of anilines is 1. The minimum absolute atomic E-state index is 0.183. The molecule has 0 radical (unpaired) electrons. The van der Waals surface area contributed by atoms with Gasteiger partial charge in [-0.25, -0.2) is 4.79 Å². The predicted octanol–water partition coefficient (Wildman–Crippen LogP) is 2.45. The van der Waals surface area contributed by atoms with Gasteiger partial charge in [-0.15, -0.1) is 0 Å². The summed E-state index contributed by atoms with van der Waals surface area (Å²) in [6.07, 6.45) is 4.80. The number of rotatable bonds is 5. The van der Waals surface area contributed by atoms with E-state index in [4.69, 9.17) is 4.74 Å². The zero-order valence-electron chi connectivity index (χ0n) is 17.0. The average Bonchev–Trinajstić information content (AvgIpc) is 2.98. The largest absolute Gasteiger partial charge is 0.453 e. The van der Waals surface area contributed by atoms with Crippen molar-refractivity contribution in [3.05, 3.63) is 28.7 Å². The molecule has 8 nitrogen and oxygen atoms in total. The summed E-state index contributed by atoms with van der Waals surface area (Å²) >= 11 is 0. The monoisotopic (exact) mass is 413 g/mol. The van der Waals surface area contributed by atoms with Crippen LogP contribution in [0.4, 0.5) is 5.69 Å². The van der Waals surface area contributed by atoms with Crippen LogP contribution in [0, 0.1) is 17.3 Å². The number of H-pyrrole nitrogens is 2. The van der Waals surface area contributed by atoms with Crippen molar-refractivity contribution >= 4 is 28.6 Å². The van der Waals surface area contributed by atoms with Gasteiger partial charge in [-0.1, -0.05) is 0 Å². The van der Waals surface area contributed by atoms with E-state index >= 15 is 0 Å². The van der Waals surface area contributed by atoms with Crippen LogP contribution in [0.2, 0.25) is 0 Å². The molecule has 4 fully saturated rings. The number of amides is 1. The Bertz CT molecular complexity index is 1060. The van der Waals surface area contributed by atoms with Gasteiger partial charge in [-0.05, 0) is 80.9 Å². The number of benzene rings is 1. The molecule has 160 valence electrons. The van der Waals surface area contributed by atoms with Gasteiger partial charge in [-0.2, -0.15) is 0 Å². The lowest BCUT2D eigenvalue weighted by molar-refractivity contribution is -0.179. The summed E-state index contributed by atoms with van der Waals surface area (Å²) in [5.41, 5.74) is 0.624. The first kappa shape index (κ1) is 19.4. The summed E-state index contributed by atoms with van der Waals surface area (Å²) in [7, 11) is 0. The van der Waals surface area contributed by atoms with Gasteiger partial charge < -0.3 is 25.1 Å². The molecule has 1 aromatic heterocycles. The van der Waals surface area contributed by atoms with Gasteiger partial charge in [0.05, 0.1) is 23.1 Å². The number of aromatic nitrogens is 2. The first-order valence-electron chi connectivity index (χ1n) is 10.7. The van der Waals surface area contributed by atoms with Crippen LogP contribution in [0.1, 0.15) is 51.9 Å². The molecule has 4 aliphatic rings. The molecular formula is C22H27N3O5. The molecule has 1 aromatic carbocycles. The second-order valence-corrected chi connectivity index (χ2v) is 9.82. The van der Waals surface area contributed by atoms with Gasteiger partial charge in [0.1, 0.15) is 0 Å². The Balaban J connectivity index is 1.20. The second-order valence-electron chi connectivity index (χ2n) is 9.82. The van der Waals surface area contributed by atoms with E-state index in [1.165, 1.54) is 0 Å². The quantitative estimate of drug-likeness (QED) is 0.561. The minimum Gasteiger partial charge on any atom is -0.453 e. The maximum Gasteiger partial charge on any atom is 0.323 e. The molecule has 3 atom stereocenters. The van der Waals surface area contributed by atoms with E-state index in [0.29, 0.717) is 35.0 Å². The van der Waals surface area contributed by atoms with Crippen LogP contribution in [0.25, 0.3) is 11.0 Å². The first-order valence-corrected chi connectivity index (χ1v) is 10.7. The van der Waals surface area contributed by atoms with E-state index in [-0.39, 0.29) is 23.5 Å². The zero-order chi connectivity index (χ0) is 21.1. The maximum absolute atomic E-state index is 12.6. The van der Waals surface area contributed by atoms with E-state index < -0.39 is 17.6 Å². The van der Waals surface area contributed by atoms with Crippen molar-refractivity contribution in [1.82, 2.24) is 9.97 Å². The number of carbonyl (C=O) groups excluding carboxylic acids is 2. The van der Waals surface area contributed by atoms with Crippen LogP contribution in [-0.2, 0) is 14.3 Å². The fraction of sp³-hybridized carbons (Fsp3) is 0.591. The highest BCUT2D eigenvalue weighted by atomic mass is 16.5. The van der Waals surface area contributed by atoms with Crippen LogP contribution in [0.15, 0.2) is 23.0 Å². The molecule has 4 aliphatic carbocycles. The van der Waals surface area contributed by atoms with Gasteiger partial charge in [0.2, 0.25) is 0 Å².